The molecule has 1 fully saturated rings. The van der Waals surface area contributed by atoms with Crippen LogP contribution in [0.3, 0.4) is 0 Å². The van der Waals surface area contributed by atoms with E-state index in [0.717, 1.165) is 55.1 Å². The molecule has 0 aliphatic carbocycles. The second-order valence-electron chi connectivity index (χ2n) is 8.92. The third-order valence-corrected chi connectivity index (χ3v) is 6.18. The van der Waals surface area contributed by atoms with Gasteiger partial charge in [-0.05, 0) is 57.4 Å². The summed E-state index contributed by atoms with van der Waals surface area (Å²) in [6, 6.07) is 18.1. The fourth-order valence-electron chi connectivity index (χ4n) is 4.22. The molecule has 2 atom stereocenters. The molecule has 0 radical (unpaired) electrons. The second-order valence-corrected chi connectivity index (χ2v) is 8.92. The van der Waals surface area contributed by atoms with E-state index in [1.807, 2.05) is 73.1 Å². The second kappa shape index (κ2) is 11.0. The number of aliphatic hydroxyl groups is 1. The van der Waals surface area contributed by atoms with Crippen LogP contribution in [0.1, 0.15) is 43.0 Å². The first kappa shape index (κ1) is 23.5. The van der Waals surface area contributed by atoms with E-state index in [9.17, 15) is 5.11 Å². The Morgan fingerprint density at radius 1 is 1.15 bits per heavy atom. The average molecular weight is 450 g/mol. The van der Waals surface area contributed by atoms with E-state index in [1.165, 1.54) is 5.56 Å². The number of nitrogens with zero attached hydrogens (tertiary/aromatic N) is 3. The maximum Gasteiger partial charge on any atom is 0.227 e. The summed E-state index contributed by atoms with van der Waals surface area (Å²) in [6.45, 7) is 8.94. The van der Waals surface area contributed by atoms with E-state index in [-0.39, 0.29) is 12.2 Å². The van der Waals surface area contributed by atoms with E-state index in [4.69, 9.17) is 14.6 Å². The lowest BCUT2D eigenvalue weighted by Crippen LogP contribution is -2.37. The van der Waals surface area contributed by atoms with Crippen molar-refractivity contribution in [3.8, 4) is 17.3 Å². The molecule has 0 saturated carbocycles. The van der Waals surface area contributed by atoms with Gasteiger partial charge < -0.3 is 14.6 Å². The van der Waals surface area contributed by atoms with Crippen molar-refractivity contribution in [1.29, 1.82) is 0 Å². The third kappa shape index (κ3) is 6.02. The van der Waals surface area contributed by atoms with Gasteiger partial charge in [-0.3, -0.25) is 4.90 Å². The van der Waals surface area contributed by atoms with Crippen molar-refractivity contribution in [2.45, 2.75) is 58.8 Å². The summed E-state index contributed by atoms with van der Waals surface area (Å²) in [6.07, 6.45) is 2.71. The number of aryl methyl sites for hydroxylation is 2. The van der Waals surface area contributed by atoms with E-state index in [2.05, 4.69) is 11.8 Å². The lowest BCUT2D eigenvalue weighted by Gasteiger charge is -2.27. The van der Waals surface area contributed by atoms with Crippen LogP contribution in [0.4, 0.5) is 0 Å². The Bertz CT molecular complexity index is 1010. The lowest BCUT2D eigenvalue weighted by molar-refractivity contribution is 0.0451. The van der Waals surface area contributed by atoms with Gasteiger partial charge in [-0.25, -0.2) is 4.68 Å². The third-order valence-electron chi connectivity index (χ3n) is 6.18. The quantitative estimate of drug-likeness (QED) is 0.470. The highest BCUT2D eigenvalue weighted by Crippen LogP contribution is 2.32. The van der Waals surface area contributed by atoms with Gasteiger partial charge in [0, 0.05) is 26.2 Å². The van der Waals surface area contributed by atoms with E-state index >= 15 is 0 Å². The molecule has 1 aromatic heterocycles. The minimum Gasteiger partial charge on any atom is -0.439 e. The van der Waals surface area contributed by atoms with Gasteiger partial charge in [0.05, 0.1) is 29.2 Å². The molecule has 2 heterocycles. The fraction of sp³-hybridized carbons (Fsp3) is 0.444. The van der Waals surface area contributed by atoms with E-state index in [1.54, 1.807) is 0 Å². The standard InChI is InChI=1S/C27H35N3O3/c1-4-23(31)17-29(18-25-11-8-16-32-25)19-26-21(3)28-30(22-9-6-5-7-10-22)27(26)33-24-14-12-20(2)13-15-24/h5-7,9-10,12-15,23,25,31H,4,8,11,16-19H2,1-3H3/t23-,25+/m0/s1. The molecule has 1 N–H and O–H groups in total. The summed E-state index contributed by atoms with van der Waals surface area (Å²) in [5, 5.41) is 15.3. The van der Waals surface area contributed by atoms with E-state index in [0.29, 0.717) is 19.0 Å². The minimum absolute atomic E-state index is 0.208. The normalized spacial score (nSPS) is 16.9. The van der Waals surface area contributed by atoms with Gasteiger partial charge >= 0.3 is 0 Å². The molecular weight excluding hydrogens is 414 g/mol. The largest absolute Gasteiger partial charge is 0.439 e. The molecule has 1 aliphatic heterocycles. The number of hydrogen-bond acceptors (Lipinski definition) is 5. The van der Waals surface area contributed by atoms with Crippen LogP contribution in [0.2, 0.25) is 0 Å². The van der Waals surface area contributed by atoms with Gasteiger partial charge in [-0.1, -0.05) is 42.8 Å². The lowest BCUT2D eigenvalue weighted by atomic mass is 10.1. The molecular formula is C27H35N3O3. The first-order valence-electron chi connectivity index (χ1n) is 11.9. The van der Waals surface area contributed by atoms with Crippen molar-refractivity contribution in [3.63, 3.8) is 0 Å². The predicted octanol–water partition coefficient (Wildman–Crippen LogP) is 5.03. The Balaban J connectivity index is 1.68. The molecule has 2 aromatic carbocycles. The SMILES string of the molecule is CC[C@H](O)CN(Cc1c(C)nn(-c2ccccc2)c1Oc1ccc(C)cc1)C[C@H]1CCCO1. The molecule has 6 heteroatoms. The van der Waals surface area contributed by atoms with E-state index < -0.39 is 0 Å². The van der Waals surface area contributed by atoms with Crippen LogP contribution in [0.25, 0.3) is 5.69 Å². The van der Waals surface area contributed by atoms with Crippen molar-refractivity contribution in [3.05, 3.63) is 71.4 Å². The maximum absolute atomic E-state index is 10.4. The molecule has 1 saturated heterocycles. The smallest absolute Gasteiger partial charge is 0.227 e. The highest BCUT2D eigenvalue weighted by molar-refractivity contribution is 5.43. The van der Waals surface area contributed by atoms with Crippen LogP contribution >= 0.6 is 0 Å². The molecule has 0 bridgehead atoms. The number of rotatable bonds is 10. The highest BCUT2D eigenvalue weighted by atomic mass is 16.5. The Kier molecular flexibility index (Phi) is 7.81. The van der Waals surface area contributed by atoms with Crippen LogP contribution in [0, 0.1) is 13.8 Å². The number of aromatic nitrogens is 2. The summed E-state index contributed by atoms with van der Waals surface area (Å²) >= 11 is 0. The number of hydrogen-bond donors (Lipinski definition) is 1. The number of ether oxygens (including phenoxy) is 2. The zero-order chi connectivity index (χ0) is 23.2. The summed E-state index contributed by atoms with van der Waals surface area (Å²) in [5.74, 6) is 1.49. The van der Waals surface area contributed by atoms with Gasteiger partial charge in [-0.2, -0.15) is 5.10 Å². The Morgan fingerprint density at radius 2 is 1.91 bits per heavy atom. The molecule has 176 valence electrons. The van der Waals surface area contributed by atoms with Crippen LogP contribution in [0.5, 0.6) is 11.6 Å². The van der Waals surface area contributed by atoms with Gasteiger partial charge in [0.15, 0.2) is 0 Å². The summed E-state index contributed by atoms with van der Waals surface area (Å²) in [4.78, 5) is 2.28. The van der Waals surface area contributed by atoms with Crippen LogP contribution < -0.4 is 4.74 Å². The summed E-state index contributed by atoms with van der Waals surface area (Å²) in [5.41, 5.74) is 4.09. The number of benzene rings is 2. The Morgan fingerprint density at radius 3 is 2.58 bits per heavy atom. The fourth-order valence-corrected chi connectivity index (χ4v) is 4.22. The Hall–Kier alpha value is -2.67. The van der Waals surface area contributed by atoms with Crippen molar-refractivity contribution in [1.82, 2.24) is 14.7 Å². The number of para-hydroxylation sites is 1. The van der Waals surface area contributed by atoms with Gasteiger partial charge in [0.2, 0.25) is 5.88 Å². The van der Waals surface area contributed by atoms with Crippen LogP contribution in [-0.4, -0.2) is 51.7 Å². The topological polar surface area (TPSA) is 59.8 Å². The summed E-state index contributed by atoms with van der Waals surface area (Å²) < 4.78 is 14.2. The van der Waals surface area contributed by atoms with Gasteiger partial charge in [-0.15, -0.1) is 0 Å². The zero-order valence-corrected chi connectivity index (χ0v) is 19.9. The first-order chi connectivity index (χ1) is 16.0. The minimum atomic E-state index is -0.377. The van der Waals surface area contributed by atoms with Crippen molar-refractivity contribution in [2.75, 3.05) is 19.7 Å². The highest BCUT2D eigenvalue weighted by Gasteiger charge is 2.25. The summed E-state index contributed by atoms with van der Waals surface area (Å²) in [7, 11) is 0. The zero-order valence-electron chi connectivity index (χ0n) is 19.9. The molecule has 0 amide bonds. The molecule has 33 heavy (non-hydrogen) atoms. The predicted molar refractivity (Wildman–Crippen MR) is 130 cm³/mol. The monoisotopic (exact) mass is 449 g/mol. The molecule has 6 nitrogen and oxygen atoms in total. The van der Waals surface area contributed by atoms with Crippen molar-refractivity contribution in [2.24, 2.45) is 0 Å². The molecule has 1 aliphatic rings. The van der Waals surface area contributed by atoms with Gasteiger partial charge in [0.1, 0.15) is 5.75 Å². The first-order valence-corrected chi connectivity index (χ1v) is 11.9. The van der Waals surface area contributed by atoms with Crippen molar-refractivity contribution < 1.29 is 14.6 Å². The molecule has 3 aromatic rings. The van der Waals surface area contributed by atoms with Crippen molar-refractivity contribution >= 4 is 0 Å². The average Bonchev–Trinajstić information content (AvgIpc) is 3.44. The Labute approximate surface area is 196 Å². The maximum atomic E-state index is 10.4. The van der Waals surface area contributed by atoms with Gasteiger partial charge in [0.25, 0.3) is 0 Å². The molecule has 0 unspecified atom stereocenters. The molecule has 4 rings (SSSR count). The molecule has 0 spiro atoms. The number of aliphatic hydroxyl groups excluding tert-OH is 1. The van der Waals surface area contributed by atoms with Crippen LogP contribution in [0.15, 0.2) is 54.6 Å². The van der Waals surface area contributed by atoms with Crippen LogP contribution in [-0.2, 0) is 11.3 Å².